The van der Waals surface area contributed by atoms with Crippen LogP contribution >= 0.6 is 11.8 Å². The minimum absolute atomic E-state index is 0.0565. The highest BCUT2D eigenvalue weighted by Gasteiger charge is 2.43. The van der Waals surface area contributed by atoms with E-state index < -0.39 is 23.8 Å². The molecule has 0 aromatic rings. The minimum Gasteiger partial charge on any atom is -0.444 e. The van der Waals surface area contributed by atoms with E-state index in [0.29, 0.717) is 12.8 Å². The van der Waals surface area contributed by atoms with Crippen LogP contribution in [0.15, 0.2) is 0 Å². The van der Waals surface area contributed by atoms with Crippen LogP contribution in [-0.2, 0) is 14.3 Å². The summed E-state index contributed by atoms with van der Waals surface area (Å²) in [4.78, 5) is 38.6. The summed E-state index contributed by atoms with van der Waals surface area (Å²) in [7, 11) is 0. The Kier molecular flexibility index (Phi) is 5.97. The zero-order chi connectivity index (χ0) is 17.9. The molecule has 3 amide bonds. The Labute approximate surface area is 146 Å². The highest BCUT2D eigenvalue weighted by molar-refractivity contribution is 7.99. The van der Waals surface area contributed by atoms with Gasteiger partial charge in [0.25, 0.3) is 5.91 Å². The molecule has 0 spiro atoms. The predicted molar refractivity (Wildman–Crippen MR) is 90.8 cm³/mol. The van der Waals surface area contributed by atoms with Gasteiger partial charge in [-0.25, -0.2) is 10.6 Å². The van der Waals surface area contributed by atoms with Crippen LogP contribution in [0.2, 0.25) is 0 Å². The van der Waals surface area contributed by atoms with Gasteiger partial charge in [-0.1, -0.05) is 0 Å². The van der Waals surface area contributed by atoms with Crippen LogP contribution in [-0.4, -0.2) is 51.6 Å². The van der Waals surface area contributed by atoms with Crippen LogP contribution in [0, 0.1) is 0 Å². The molecule has 2 heterocycles. The molecule has 3 atom stereocenters. The summed E-state index contributed by atoms with van der Waals surface area (Å²) in [5, 5.41) is 2.59. The maximum absolute atomic E-state index is 12.9. The van der Waals surface area contributed by atoms with E-state index in [-0.39, 0.29) is 17.2 Å². The van der Waals surface area contributed by atoms with Gasteiger partial charge in [0.15, 0.2) is 0 Å². The fraction of sp³-hybridized carbons (Fsp3) is 0.800. The molecule has 136 valence electrons. The molecule has 0 radical (unpaired) electrons. The van der Waals surface area contributed by atoms with E-state index in [4.69, 9.17) is 10.6 Å². The predicted octanol–water partition coefficient (Wildman–Crippen LogP) is 0.714. The molecule has 24 heavy (non-hydrogen) atoms. The number of nitrogens with two attached hydrogens (primary N) is 1. The summed E-state index contributed by atoms with van der Waals surface area (Å²) in [5.74, 6) is 5.37. The van der Waals surface area contributed by atoms with Gasteiger partial charge in [-0.15, -0.1) is 11.8 Å². The van der Waals surface area contributed by atoms with Crippen LogP contribution in [0.1, 0.15) is 46.5 Å². The first-order chi connectivity index (χ1) is 11.2. The molecule has 2 aliphatic rings. The topological polar surface area (TPSA) is 114 Å². The molecule has 0 aromatic heterocycles. The Hall–Kier alpha value is -1.48. The third kappa shape index (κ3) is 4.54. The van der Waals surface area contributed by atoms with E-state index in [9.17, 15) is 14.4 Å². The third-order valence-electron chi connectivity index (χ3n) is 3.98. The van der Waals surface area contributed by atoms with Crippen molar-refractivity contribution in [2.75, 3.05) is 5.75 Å². The van der Waals surface area contributed by atoms with Gasteiger partial charge in [0.1, 0.15) is 17.7 Å². The number of nitrogens with zero attached hydrogens (tertiary/aromatic N) is 1. The molecule has 2 aliphatic heterocycles. The largest absolute Gasteiger partial charge is 0.444 e. The Bertz CT molecular complexity index is 508. The minimum atomic E-state index is -0.691. The second-order valence-electron chi connectivity index (χ2n) is 7.01. The van der Waals surface area contributed by atoms with Crippen LogP contribution in [0.4, 0.5) is 4.79 Å². The van der Waals surface area contributed by atoms with Crippen molar-refractivity contribution >= 4 is 29.7 Å². The summed E-state index contributed by atoms with van der Waals surface area (Å²) in [6.45, 7) is 5.29. The van der Waals surface area contributed by atoms with Gasteiger partial charge in [0.2, 0.25) is 5.91 Å². The molecule has 2 fully saturated rings. The number of hydrazine groups is 1. The summed E-state index contributed by atoms with van der Waals surface area (Å²) < 4.78 is 5.23. The van der Waals surface area contributed by atoms with E-state index in [1.807, 2.05) is 0 Å². The SMILES string of the molecule is CC(C)(C)OC(=O)N[C@H]1CCS[C@H]2CCC[C@@H](C(=O)NN)N2C1=O. The summed E-state index contributed by atoms with van der Waals surface area (Å²) in [6.07, 6.45) is 2.16. The van der Waals surface area contributed by atoms with Gasteiger partial charge in [0.05, 0.1) is 5.37 Å². The Morgan fingerprint density at radius 2 is 2.00 bits per heavy atom. The molecule has 2 rings (SSSR count). The van der Waals surface area contributed by atoms with Crippen LogP contribution in [0.5, 0.6) is 0 Å². The summed E-state index contributed by atoms with van der Waals surface area (Å²) in [6, 6.07) is -1.28. The average Bonchev–Trinajstić information content (AvgIpc) is 2.64. The van der Waals surface area contributed by atoms with Crippen molar-refractivity contribution in [2.45, 2.75) is 69.5 Å². The van der Waals surface area contributed by atoms with Gasteiger partial charge in [-0.3, -0.25) is 15.0 Å². The number of alkyl carbamates (subject to hydrolysis) is 1. The third-order valence-corrected chi connectivity index (χ3v) is 5.30. The number of carbonyl (C=O) groups excluding carboxylic acids is 3. The molecule has 4 N–H and O–H groups in total. The summed E-state index contributed by atoms with van der Waals surface area (Å²) in [5.41, 5.74) is 1.50. The van der Waals surface area contributed by atoms with Gasteiger partial charge in [-0.2, -0.15) is 0 Å². The van der Waals surface area contributed by atoms with Crippen LogP contribution < -0.4 is 16.6 Å². The second kappa shape index (κ2) is 7.60. The van der Waals surface area contributed by atoms with Crippen LogP contribution in [0.25, 0.3) is 0 Å². The maximum atomic E-state index is 12.9. The number of fused-ring (bicyclic) bond motifs is 1. The molecular formula is C15H26N4O4S. The summed E-state index contributed by atoms with van der Waals surface area (Å²) >= 11 is 1.64. The quantitative estimate of drug-likeness (QED) is 0.381. The maximum Gasteiger partial charge on any atom is 0.408 e. The first kappa shape index (κ1) is 18.9. The number of amides is 3. The normalized spacial score (nSPS) is 27.8. The molecule has 0 unspecified atom stereocenters. The lowest BCUT2D eigenvalue weighted by atomic mass is 9.99. The highest BCUT2D eigenvalue weighted by Crippen LogP contribution is 2.34. The smallest absolute Gasteiger partial charge is 0.408 e. The lowest BCUT2D eigenvalue weighted by Crippen LogP contribution is -2.60. The first-order valence-corrected chi connectivity index (χ1v) is 9.21. The zero-order valence-corrected chi connectivity index (χ0v) is 15.1. The van der Waals surface area contributed by atoms with E-state index in [0.717, 1.165) is 18.6 Å². The number of nitrogens with one attached hydrogen (secondary N) is 2. The van der Waals surface area contributed by atoms with Crippen molar-refractivity contribution in [1.82, 2.24) is 15.6 Å². The van der Waals surface area contributed by atoms with Crippen molar-refractivity contribution in [3.05, 3.63) is 0 Å². The number of hydrogen-bond acceptors (Lipinski definition) is 6. The lowest BCUT2D eigenvalue weighted by molar-refractivity contribution is -0.144. The standard InChI is InChI=1S/C15H26N4O4S/c1-15(2,3)23-14(22)17-9-7-8-24-11-6-4-5-10(12(20)18-16)19(11)13(9)21/h9-11H,4-8,16H2,1-3H3,(H,17,22)(H,18,20)/t9-,10-,11-/m0/s1. The van der Waals surface area contributed by atoms with Crippen molar-refractivity contribution < 1.29 is 19.1 Å². The number of carbonyl (C=O) groups is 3. The Balaban J connectivity index is 2.13. The van der Waals surface area contributed by atoms with Crippen molar-refractivity contribution in [3.63, 3.8) is 0 Å². The molecule has 2 saturated heterocycles. The fourth-order valence-corrected chi connectivity index (χ4v) is 4.38. The number of hydrogen-bond donors (Lipinski definition) is 3. The van der Waals surface area contributed by atoms with Crippen molar-refractivity contribution in [1.29, 1.82) is 0 Å². The fourth-order valence-electron chi connectivity index (χ4n) is 2.99. The molecule has 0 aliphatic carbocycles. The number of ether oxygens (including phenoxy) is 1. The van der Waals surface area contributed by atoms with E-state index in [1.54, 1.807) is 37.4 Å². The van der Waals surface area contributed by atoms with Gasteiger partial charge in [-0.05, 0) is 52.2 Å². The van der Waals surface area contributed by atoms with Gasteiger partial charge in [0, 0.05) is 0 Å². The van der Waals surface area contributed by atoms with E-state index in [2.05, 4.69) is 10.7 Å². The van der Waals surface area contributed by atoms with Crippen LogP contribution in [0.3, 0.4) is 0 Å². The average molecular weight is 358 g/mol. The number of rotatable bonds is 2. The molecule has 0 saturated carbocycles. The monoisotopic (exact) mass is 358 g/mol. The van der Waals surface area contributed by atoms with Crippen molar-refractivity contribution in [3.8, 4) is 0 Å². The van der Waals surface area contributed by atoms with Crippen molar-refractivity contribution in [2.24, 2.45) is 5.84 Å². The Morgan fingerprint density at radius 1 is 1.29 bits per heavy atom. The first-order valence-electron chi connectivity index (χ1n) is 8.16. The van der Waals surface area contributed by atoms with Gasteiger partial charge >= 0.3 is 6.09 Å². The number of thioether (sulfide) groups is 1. The molecule has 0 aromatic carbocycles. The van der Waals surface area contributed by atoms with E-state index in [1.165, 1.54) is 0 Å². The Morgan fingerprint density at radius 3 is 2.62 bits per heavy atom. The van der Waals surface area contributed by atoms with Gasteiger partial charge < -0.3 is 15.0 Å². The highest BCUT2D eigenvalue weighted by atomic mass is 32.2. The molecule has 0 bridgehead atoms. The number of piperidine rings is 1. The van der Waals surface area contributed by atoms with E-state index >= 15 is 0 Å². The second-order valence-corrected chi connectivity index (χ2v) is 8.30. The zero-order valence-electron chi connectivity index (χ0n) is 14.3. The molecule has 8 nitrogen and oxygen atoms in total. The molecule has 9 heteroatoms. The molecular weight excluding hydrogens is 332 g/mol. The lowest BCUT2D eigenvalue weighted by Gasteiger charge is -2.40.